The van der Waals surface area contributed by atoms with Gasteiger partial charge in [-0.05, 0) is 18.7 Å². The summed E-state index contributed by atoms with van der Waals surface area (Å²) in [5.74, 6) is -2.44. The fraction of sp³-hybridized carbons (Fsp3) is 0.385. The highest BCUT2D eigenvalue weighted by Crippen LogP contribution is 2.26. The van der Waals surface area contributed by atoms with Gasteiger partial charge in [0, 0.05) is 23.9 Å². The molecule has 0 amide bonds. The number of aromatic nitrogens is 1. The van der Waals surface area contributed by atoms with Crippen molar-refractivity contribution in [3.8, 4) is 0 Å². The predicted octanol–water partition coefficient (Wildman–Crippen LogP) is 2.58. The molecule has 4 nitrogen and oxygen atoms in total. The normalized spacial score (nSPS) is 16.7. The molecule has 0 aromatic carbocycles. The van der Waals surface area contributed by atoms with Gasteiger partial charge in [-0.2, -0.15) is 0 Å². The van der Waals surface area contributed by atoms with Gasteiger partial charge in [-0.15, -0.1) is 11.8 Å². The first kappa shape index (κ1) is 14.2. The number of halogens is 1. The van der Waals surface area contributed by atoms with Gasteiger partial charge in [-0.1, -0.05) is 11.6 Å². The van der Waals surface area contributed by atoms with Crippen molar-refractivity contribution in [3.05, 3.63) is 23.0 Å². The SMILES string of the molecule is CSc1cnc(C(=O)C2C(=O)CCCC2=O)c(Cl)c1. The number of hydrogen-bond donors (Lipinski definition) is 0. The molecular weight excluding hydrogens is 286 g/mol. The minimum absolute atomic E-state index is 0.00747. The largest absolute Gasteiger partial charge is 0.298 e. The Bertz CT molecular complexity index is 543. The molecule has 1 aliphatic carbocycles. The third-order valence-corrected chi connectivity index (χ3v) is 4.02. The highest BCUT2D eigenvalue weighted by atomic mass is 35.5. The molecule has 0 unspecified atom stereocenters. The maximum absolute atomic E-state index is 12.2. The smallest absolute Gasteiger partial charge is 0.200 e. The molecule has 1 saturated carbocycles. The lowest BCUT2D eigenvalue weighted by Crippen LogP contribution is -2.35. The lowest BCUT2D eigenvalue weighted by atomic mass is 9.83. The van der Waals surface area contributed by atoms with Crippen molar-refractivity contribution in [1.82, 2.24) is 4.98 Å². The Labute approximate surface area is 119 Å². The molecule has 100 valence electrons. The van der Waals surface area contributed by atoms with Crippen LogP contribution in [0.25, 0.3) is 0 Å². The maximum Gasteiger partial charge on any atom is 0.200 e. The Balaban J connectivity index is 2.33. The second kappa shape index (κ2) is 5.84. The van der Waals surface area contributed by atoms with E-state index in [2.05, 4.69) is 4.98 Å². The van der Waals surface area contributed by atoms with Crippen LogP contribution in [-0.2, 0) is 9.59 Å². The molecule has 0 radical (unpaired) electrons. The van der Waals surface area contributed by atoms with E-state index < -0.39 is 11.7 Å². The van der Waals surface area contributed by atoms with Gasteiger partial charge in [-0.3, -0.25) is 19.4 Å². The summed E-state index contributed by atoms with van der Waals surface area (Å²) in [7, 11) is 0. The van der Waals surface area contributed by atoms with Gasteiger partial charge in [0.05, 0.1) is 5.02 Å². The number of carbonyl (C=O) groups excluding carboxylic acids is 3. The first-order valence-corrected chi connectivity index (χ1v) is 7.44. The van der Waals surface area contributed by atoms with Crippen LogP contribution in [0.5, 0.6) is 0 Å². The number of hydrogen-bond acceptors (Lipinski definition) is 5. The number of carbonyl (C=O) groups is 3. The van der Waals surface area contributed by atoms with Gasteiger partial charge < -0.3 is 0 Å². The van der Waals surface area contributed by atoms with E-state index in [1.165, 1.54) is 18.0 Å². The molecule has 0 N–H and O–H groups in total. The molecule has 0 spiro atoms. The van der Waals surface area contributed by atoms with E-state index in [-0.39, 0.29) is 35.1 Å². The molecule has 6 heteroatoms. The van der Waals surface area contributed by atoms with Gasteiger partial charge in [-0.25, -0.2) is 0 Å². The molecule has 19 heavy (non-hydrogen) atoms. The zero-order valence-corrected chi connectivity index (χ0v) is 11.9. The van der Waals surface area contributed by atoms with Gasteiger partial charge in [0.15, 0.2) is 11.6 Å². The predicted molar refractivity (Wildman–Crippen MR) is 72.7 cm³/mol. The molecule has 0 atom stereocenters. The van der Waals surface area contributed by atoms with Crippen LogP contribution in [0.4, 0.5) is 0 Å². The summed E-state index contributed by atoms with van der Waals surface area (Å²) in [6, 6.07) is 1.62. The van der Waals surface area contributed by atoms with Gasteiger partial charge >= 0.3 is 0 Å². The zero-order chi connectivity index (χ0) is 14.0. The van der Waals surface area contributed by atoms with E-state index >= 15 is 0 Å². The number of rotatable bonds is 3. The topological polar surface area (TPSA) is 64.1 Å². The first-order valence-electron chi connectivity index (χ1n) is 5.83. The van der Waals surface area contributed by atoms with Crippen LogP contribution < -0.4 is 0 Å². The van der Waals surface area contributed by atoms with E-state index in [1.54, 1.807) is 6.07 Å². The number of thioether (sulfide) groups is 1. The summed E-state index contributed by atoms with van der Waals surface area (Å²) in [4.78, 5) is 40.5. The van der Waals surface area contributed by atoms with Crippen LogP contribution in [-0.4, -0.2) is 28.6 Å². The van der Waals surface area contributed by atoms with Crippen molar-refractivity contribution in [1.29, 1.82) is 0 Å². The van der Waals surface area contributed by atoms with Gasteiger partial charge in [0.1, 0.15) is 11.6 Å². The molecule has 0 saturated heterocycles. The molecule has 1 aromatic heterocycles. The van der Waals surface area contributed by atoms with Crippen LogP contribution in [0.1, 0.15) is 29.8 Å². The summed E-state index contributed by atoms with van der Waals surface area (Å²) in [5, 5.41) is 0.183. The highest BCUT2D eigenvalue weighted by molar-refractivity contribution is 7.98. The molecule has 1 aromatic rings. The molecule has 2 rings (SSSR count). The molecule has 1 heterocycles. The average Bonchev–Trinajstić information content (AvgIpc) is 2.38. The second-order valence-electron chi connectivity index (χ2n) is 4.29. The van der Waals surface area contributed by atoms with Crippen LogP contribution >= 0.6 is 23.4 Å². The number of ketones is 3. The molecule has 0 bridgehead atoms. The van der Waals surface area contributed by atoms with E-state index in [9.17, 15) is 14.4 Å². The maximum atomic E-state index is 12.2. The quantitative estimate of drug-likeness (QED) is 0.487. The Hall–Kier alpha value is -1.20. The molecule has 1 aliphatic rings. The number of nitrogens with zero attached hydrogens (tertiary/aromatic N) is 1. The minimum Gasteiger partial charge on any atom is -0.298 e. The standard InChI is InChI=1S/C13H12ClNO3S/c1-19-7-5-8(14)12(15-6-7)13(18)11-9(16)3-2-4-10(11)17/h5-6,11H,2-4H2,1H3. The summed E-state index contributed by atoms with van der Waals surface area (Å²) in [6.07, 6.45) is 4.43. The zero-order valence-electron chi connectivity index (χ0n) is 10.3. The number of pyridine rings is 1. The van der Waals surface area contributed by atoms with Crippen molar-refractivity contribution >= 4 is 40.7 Å². The first-order chi connectivity index (χ1) is 9.04. The van der Waals surface area contributed by atoms with E-state index in [0.717, 1.165) is 4.90 Å². The van der Waals surface area contributed by atoms with Crippen LogP contribution in [0.3, 0.4) is 0 Å². The van der Waals surface area contributed by atoms with Gasteiger partial charge in [0.25, 0.3) is 0 Å². The van der Waals surface area contributed by atoms with Crippen molar-refractivity contribution in [2.45, 2.75) is 24.2 Å². The van der Waals surface area contributed by atoms with Gasteiger partial charge in [0.2, 0.25) is 5.78 Å². The summed E-state index contributed by atoms with van der Waals surface area (Å²) >= 11 is 7.45. The molecule has 0 aliphatic heterocycles. The van der Waals surface area contributed by atoms with Crippen LogP contribution in [0.15, 0.2) is 17.2 Å². The fourth-order valence-corrected chi connectivity index (χ4v) is 2.77. The summed E-state index contributed by atoms with van der Waals surface area (Å²) < 4.78 is 0. The second-order valence-corrected chi connectivity index (χ2v) is 5.58. The lowest BCUT2D eigenvalue weighted by Gasteiger charge is -2.18. The van der Waals surface area contributed by atoms with E-state index in [4.69, 9.17) is 11.6 Å². The summed E-state index contributed by atoms with van der Waals surface area (Å²) in [6.45, 7) is 0. The highest BCUT2D eigenvalue weighted by Gasteiger charge is 2.37. The third kappa shape index (κ3) is 2.87. The van der Waals surface area contributed by atoms with Crippen molar-refractivity contribution in [2.24, 2.45) is 5.92 Å². The Kier molecular flexibility index (Phi) is 4.37. The minimum atomic E-state index is -1.21. The monoisotopic (exact) mass is 297 g/mol. The number of Topliss-reactive ketones (excluding diaryl/α,β-unsaturated/α-hetero) is 3. The Morgan fingerprint density at radius 1 is 1.37 bits per heavy atom. The van der Waals surface area contributed by atoms with Crippen LogP contribution in [0, 0.1) is 5.92 Å². The lowest BCUT2D eigenvalue weighted by molar-refractivity contribution is -0.133. The van der Waals surface area contributed by atoms with E-state index in [1.807, 2.05) is 6.26 Å². The Morgan fingerprint density at radius 2 is 2.00 bits per heavy atom. The third-order valence-electron chi connectivity index (χ3n) is 3.04. The van der Waals surface area contributed by atoms with Crippen molar-refractivity contribution in [2.75, 3.05) is 6.26 Å². The fourth-order valence-electron chi connectivity index (χ4n) is 2.05. The van der Waals surface area contributed by atoms with Crippen molar-refractivity contribution in [3.63, 3.8) is 0 Å². The average molecular weight is 298 g/mol. The van der Waals surface area contributed by atoms with Crippen LogP contribution in [0.2, 0.25) is 5.02 Å². The Morgan fingerprint density at radius 3 is 2.53 bits per heavy atom. The molecule has 1 fully saturated rings. The van der Waals surface area contributed by atoms with E-state index in [0.29, 0.717) is 6.42 Å². The summed E-state index contributed by atoms with van der Waals surface area (Å²) in [5.41, 5.74) is 0.00747. The van der Waals surface area contributed by atoms with Crippen molar-refractivity contribution < 1.29 is 14.4 Å². The molecular formula is C13H12ClNO3S.